The summed E-state index contributed by atoms with van der Waals surface area (Å²) in [7, 11) is 2.20. The van der Waals surface area contributed by atoms with Gasteiger partial charge in [0.15, 0.2) is 5.82 Å². The smallest absolute Gasteiger partial charge is 0.229 e. The third kappa shape index (κ3) is 3.82. The number of aromatic nitrogens is 3. The first-order valence-corrected chi connectivity index (χ1v) is 8.93. The molecule has 2 aromatic rings. The Kier molecular flexibility index (Phi) is 4.58. The number of hydrogen-bond acceptors (Lipinski definition) is 6. The minimum Gasteiger partial charge on any atom is -0.339 e. The molecule has 4 rings (SSSR count). The van der Waals surface area contributed by atoms with Crippen molar-refractivity contribution < 1.29 is 4.52 Å². The monoisotopic (exact) mass is 327 g/mol. The number of hydrogen-bond donors (Lipinski definition) is 0. The van der Waals surface area contributed by atoms with Gasteiger partial charge in [-0.05, 0) is 51.4 Å². The fourth-order valence-electron chi connectivity index (χ4n) is 3.44. The van der Waals surface area contributed by atoms with Crippen molar-refractivity contribution in [1.29, 1.82) is 0 Å². The van der Waals surface area contributed by atoms with Crippen molar-refractivity contribution in [3.05, 3.63) is 41.8 Å². The van der Waals surface area contributed by atoms with Crippen LogP contribution in [0.5, 0.6) is 0 Å². The van der Waals surface area contributed by atoms with E-state index in [1.807, 2.05) is 12.3 Å². The molecule has 1 saturated heterocycles. The molecule has 2 aromatic heterocycles. The molecule has 0 aromatic carbocycles. The van der Waals surface area contributed by atoms with Crippen molar-refractivity contribution in [2.45, 2.75) is 50.7 Å². The summed E-state index contributed by atoms with van der Waals surface area (Å²) in [5.74, 6) is 2.21. The minimum absolute atomic E-state index is 0.532. The van der Waals surface area contributed by atoms with E-state index in [-0.39, 0.29) is 0 Å². The van der Waals surface area contributed by atoms with Gasteiger partial charge in [-0.15, -0.1) is 0 Å². The van der Waals surface area contributed by atoms with Gasteiger partial charge < -0.3 is 4.52 Å². The number of nitrogens with zero attached hydrogens (tertiary/aromatic N) is 5. The average molecular weight is 327 g/mol. The van der Waals surface area contributed by atoms with E-state index in [4.69, 9.17) is 4.52 Å². The minimum atomic E-state index is 0.532. The highest BCUT2D eigenvalue weighted by molar-refractivity contribution is 5.04. The van der Waals surface area contributed by atoms with Gasteiger partial charge in [0.1, 0.15) is 0 Å². The third-order valence-electron chi connectivity index (χ3n) is 5.02. The highest BCUT2D eigenvalue weighted by Crippen LogP contribution is 2.38. The lowest BCUT2D eigenvalue weighted by atomic mass is 10.0. The molecule has 0 unspecified atom stereocenters. The molecule has 128 valence electrons. The Morgan fingerprint density at radius 3 is 3.00 bits per heavy atom. The summed E-state index contributed by atoms with van der Waals surface area (Å²) in [5, 5.41) is 4.16. The average Bonchev–Trinajstić information content (AvgIpc) is 3.36. The zero-order chi connectivity index (χ0) is 16.4. The van der Waals surface area contributed by atoms with Gasteiger partial charge in [0.2, 0.25) is 5.89 Å². The molecular formula is C18H25N5O. The Labute approximate surface area is 142 Å². The van der Waals surface area contributed by atoms with Crippen molar-refractivity contribution >= 4 is 0 Å². The number of piperidine rings is 1. The first-order chi connectivity index (χ1) is 11.8. The van der Waals surface area contributed by atoms with E-state index in [1.54, 1.807) is 0 Å². The number of likely N-dealkylation sites (tertiary alicyclic amines) is 1. The fourth-order valence-corrected chi connectivity index (χ4v) is 3.44. The van der Waals surface area contributed by atoms with Gasteiger partial charge in [-0.3, -0.25) is 14.8 Å². The van der Waals surface area contributed by atoms with Crippen molar-refractivity contribution in [2.24, 2.45) is 0 Å². The van der Waals surface area contributed by atoms with E-state index in [9.17, 15) is 0 Å². The molecule has 24 heavy (non-hydrogen) atoms. The highest BCUT2D eigenvalue weighted by Gasteiger charge is 2.30. The Balaban J connectivity index is 1.32. The van der Waals surface area contributed by atoms with Crippen molar-refractivity contribution in [3.63, 3.8) is 0 Å². The molecule has 1 atom stereocenters. The molecule has 2 fully saturated rings. The second kappa shape index (κ2) is 6.99. The van der Waals surface area contributed by atoms with Gasteiger partial charge in [-0.2, -0.15) is 4.98 Å². The van der Waals surface area contributed by atoms with E-state index in [1.165, 1.54) is 25.7 Å². The summed E-state index contributed by atoms with van der Waals surface area (Å²) in [6, 6.07) is 6.66. The van der Waals surface area contributed by atoms with Crippen LogP contribution in [0, 0.1) is 0 Å². The number of pyridine rings is 1. The van der Waals surface area contributed by atoms with Gasteiger partial charge in [0.05, 0.1) is 12.2 Å². The maximum absolute atomic E-state index is 5.38. The second-order valence-corrected chi connectivity index (χ2v) is 7.09. The Morgan fingerprint density at radius 1 is 1.29 bits per heavy atom. The molecule has 0 bridgehead atoms. The van der Waals surface area contributed by atoms with Crippen LogP contribution in [0.3, 0.4) is 0 Å². The molecule has 3 heterocycles. The lowest BCUT2D eigenvalue weighted by Crippen LogP contribution is -2.46. The Hall–Kier alpha value is -1.79. The first-order valence-electron chi connectivity index (χ1n) is 8.93. The van der Waals surface area contributed by atoms with E-state index in [0.717, 1.165) is 43.6 Å². The van der Waals surface area contributed by atoms with Crippen LogP contribution >= 0.6 is 0 Å². The molecule has 6 nitrogen and oxygen atoms in total. The summed E-state index contributed by atoms with van der Waals surface area (Å²) < 4.78 is 5.38. The molecule has 1 saturated carbocycles. The van der Waals surface area contributed by atoms with Crippen LogP contribution in [0.1, 0.15) is 49.0 Å². The predicted molar refractivity (Wildman–Crippen MR) is 90.3 cm³/mol. The molecule has 1 aliphatic heterocycles. The largest absolute Gasteiger partial charge is 0.339 e. The van der Waals surface area contributed by atoms with Crippen LogP contribution in [0.2, 0.25) is 0 Å². The summed E-state index contributed by atoms with van der Waals surface area (Å²) in [4.78, 5) is 13.9. The van der Waals surface area contributed by atoms with E-state index in [0.29, 0.717) is 12.0 Å². The summed E-state index contributed by atoms with van der Waals surface area (Å²) in [6.07, 6.45) is 6.71. The van der Waals surface area contributed by atoms with Crippen molar-refractivity contribution in [1.82, 2.24) is 24.9 Å². The summed E-state index contributed by atoms with van der Waals surface area (Å²) in [6.45, 7) is 3.86. The van der Waals surface area contributed by atoms with Gasteiger partial charge in [0, 0.05) is 31.2 Å². The van der Waals surface area contributed by atoms with Crippen LogP contribution in [-0.4, -0.2) is 51.1 Å². The lowest BCUT2D eigenvalue weighted by molar-refractivity contribution is 0.104. The molecule has 1 aliphatic carbocycles. The van der Waals surface area contributed by atoms with Crippen LogP contribution in [0.25, 0.3) is 0 Å². The van der Waals surface area contributed by atoms with Gasteiger partial charge in [0.25, 0.3) is 0 Å². The maximum atomic E-state index is 5.38. The van der Waals surface area contributed by atoms with Crippen LogP contribution in [0.4, 0.5) is 0 Å². The normalized spacial score (nSPS) is 22.2. The Morgan fingerprint density at radius 2 is 2.21 bits per heavy atom. The predicted octanol–water partition coefficient (Wildman–Crippen LogP) is 2.44. The third-order valence-corrected chi connectivity index (χ3v) is 5.02. The molecule has 0 N–H and O–H groups in total. The maximum Gasteiger partial charge on any atom is 0.229 e. The number of likely N-dealkylation sites (N-methyl/N-ethyl adjacent to an activating group) is 1. The molecule has 0 amide bonds. The van der Waals surface area contributed by atoms with E-state index < -0.39 is 0 Å². The standard InChI is InChI=1S/C18H25N5O/c1-22(11-15-5-2-3-9-19-15)16-6-4-10-23(12-16)13-17-20-18(24-21-17)14-7-8-14/h2-3,5,9,14,16H,4,6-8,10-13H2,1H3/t16-/m0/s1. The molecule has 0 radical (unpaired) electrons. The van der Waals surface area contributed by atoms with Crippen molar-refractivity contribution in [2.75, 3.05) is 20.1 Å². The quantitative estimate of drug-likeness (QED) is 0.812. The van der Waals surface area contributed by atoms with Crippen LogP contribution in [0.15, 0.2) is 28.9 Å². The summed E-state index contributed by atoms with van der Waals surface area (Å²) >= 11 is 0. The van der Waals surface area contributed by atoms with Crippen LogP contribution < -0.4 is 0 Å². The lowest BCUT2D eigenvalue weighted by Gasteiger charge is -2.37. The first kappa shape index (κ1) is 15.7. The van der Waals surface area contributed by atoms with E-state index in [2.05, 4.69) is 44.1 Å². The van der Waals surface area contributed by atoms with Crippen molar-refractivity contribution in [3.8, 4) is 0 Å². The Bertz CT molecular complexity index is 654. The molecular weight excluding hydrogens is 302 g/mol. The van der Waals surface area contributed by atoms with Gasteiger partial charge in [-0.1, -0.05) is 11.2 Å². The zero-order valence-electron chi connectivity index (χ0n) is 14.3. The zero-order valence-corrected chi connectivity index (χ0v) is 14.3. The topological polar surface area (TPSA) is 58.3 Å². The molecule has 0 spiro atoms. The molecule has 6 heteroatoms. The number of rotatable bonds is 6. The van der Waals surface area contributed by atoms with Gasteiger partial charge >= 0.3 is 0 Å². The SMILES string of the molecule is CN(Cc1ccccn1)[C@H]1CCCN(Cc2noc(C3CC3)n2)C1. The summed E-state index contributed by atoms with van der Waals surface area (Å²) in [5.41, 5.74) is 1.13. The molecule has 2 aliphatic rings. The second-order valence-electron chi connectivity index (χ2n) is 7.09. The fraction of sp³-hybridized carbons (Fsp3) is 0.611. The van der Waals surface area contributed by atoms with E-state index >= 15 is 0 Å². The highest BCUT2D eigenvalue weighted by atomic mass is 16.5. The van der Waals surface area contributed by atoms with Gasteiger partial charge in [-0.25, -0.2) is 0 Å². The van der Waals surface area contributed by atoms with Crippen LogP contribution in [-0.2, 0) is 13.1 Å².